The summed E-state index contributed by atoms with van der Waals surface area (Å²) in [6.45, 7) is 0. The number of aromatic nitrogens is 3. The topological polar surface area (TPSA) is 63.9 Å². The molecule has 0 fully saturated rings. The molecule has 0 atom stereocenters. The normalized spacial score (nSPS) is 11.0. The predicted molar refractivity (Wildman–Crippen MR) is 94.1 cm³/mol. The van der Waals surface area contributed by atoms with Crippen LogP contribution >= 0.6 is 11.8 Å². The smallest absolute Gasteiger partial charge is 0.167 e. The molecular weight excluding hydrogens is 322 g/mol. The molecule has 2 aromatic heterocycles. The highest BCUT2D eigenvalue weighted by Crippen LogP contribution is 2.27. The van der Waals surface area contributed by atoms with Crippen molar-refractivity contribution in [2.24, 2.45) is 0 Å². The number of thioether (sulfide) groups is 1. The van der Waals surface area contributed by atoms with Gasteiger partial charge in [-0.2, -0.15) is 0 Å². The molecule has 5 nitrogen and oxygen atoms in total. The van der Waals surface area contributed by atoms with Gasteiger partial charge in [0.05, 0.1) is 23.8 Å². The van der Waals surface area contributed by atoms with Crippen LogP contribution < -0.4 is 4.74 Å². The zero-order chi connectivity index (χ0) is 16.4. The molecule has 0 aliphatic carbocycles. The van der Waals surface area contributed by atoms with E-state index < -0.39 is 0 Å². The largest absolute Gasteiger partial charge is 0.497 e. The first-order chi connectivity index (χ1) is 11.8. The van der Waals surface area contributed by atoms with Gasteiger partial charge in [-0.1, -0.05) is 47.3 Å². The molecule has 2 aromatic carbocycles. The molecule has 4 rings (SSSR count). The summed E-state index contributed by atoms with van der Waals surface area (Å²) in [6.07, 6.45) is 0. The Morgan fingerprint density at radius 1 is 1.12 bits per heavy atom. The maximum absolute atomic E-state index is 5.42. The lowest BCUT2D eigenvalue weighted by Crippen LogP contribution is -1.81. The minimum Gasteiger partial charge on any atom is -0.497 e. The number of benzene rings is 2. The predicted octanol–water partition coefficient (Wildman–Crippen LogP) is 4.52. The Bertz CT molecular complexity index is 963. The summed E-state index contributed by atoms with van der Waals surface area (Å²) < 4.78 is 10.6. The van der Waals surface area contributed by atoms with Gasteiger partial charge >= 0.3 is 0 Å². The molecule has 0 aliphatic rings. The van der Waals surface area contributed by atoms with Crippen LogP contribution in [0.4, 0.5) is 0 Å². The second-order valence-electron chi connectivity index (χ2n) is 5.26. The van der Waals surface area contributed by atoms with Gasteiger partial charge in [-0.25, -0.2) is 4.98 Å². The van der Waals surface area contributed by atoms with E-state index in [0.717, 1.165) is 39.0 Å². The molecule has 4 aromatic rings. The molecule has 1 N–H and O–H groups in total. The SMILES string of the molecule is COc1ccc2nc(SCc3cc(-c4ccccc4)on3)[nH]c2c1. The van der Waals surface area contributed by atoms with Gasteiger partial charge < -0.3 is 14.2 Å². The molecule has 2 heterocycles. The summed E-state index contributed by atoms with van der Waals surface area (Å²) in [5.41, 5.74) is 3.79. The molecule has 0 saturated heterocycles. The van der Waals surface area contributed by atoms with Crippen LogP contribution in [0.2, 0.25) is 0 Å². The Balaban J connectivity index is 1.48. The molecule has 0 amide bonds. The number of nitrogens with one attached hydrogen (secondary N) is 1. The number of nitrogens with zero attached hydrogens (tertiary/aromatic N) is 2. The van der Waals surface area contributed by atoms with Crippen molar-refractivity contribution in [2.45, 2.75) is 10.9 Å². The third-order valence-electron chi connectivity index (χ3n) is 3.64. The number of rotatable bonds is 5. The van der Waals surface area contributed by atoms with Gasteiger partial charge in [-0.3, -0.25) is 0 Å². The Hall–Kier alpha value is -2.73. The van der Waals surface area contributed by atoms with E-state index in [2.05, 4.69) is 15.1 Å². The molecule has 0 bridgehead atoms. The molecule has 0 spiro atoms. The van der Waals surface area contributed by atoms with E-state index in [0.29, 0.717) is 5.75 Å². The number of aromatic amines is 1. The lowest BCUT2D eigenvalue weighted by Gasteiger charge is -1.96. The fraction of sp³-hybridized carbons (Fsp3) is 0.111. The number of hydrogen-bond acceptors (Lipinski definition) is 5. The highest BCUT2D eigenvalue weighted by molar-refractivity contribution is 7.98. The highest BCUT2D eigenvalue weighted by atomic mass is 32.2. The van der Waals surface area contributed by atoms with E-state index in [1.807, 2.05) is 54.6 Å². The summed E-state index contributed by atoms with van der Waals surface area (Å²) in [4.78, 5) is 7.85. The van der Waals surface area contributed by atoms with Crippen molar-refractivity contribution in [1.29, 1.82) is 0 Å². The van der Waals surface area contributed by atoms with Gasteiger partial charge in [0.15, 0.2) is 10.9 Å². The summed E-state index contributed by atoms with van der Waals surface area (Å²) in [5.74, 6) is 2.28. The van der Waals surface area contributed by atoms with Crippen LogP contribution in [0.5, 0.6) is 5.75 Å². The van der Waals surface area contributed by atoms with Crippen LogP contribution in [0.1, 0.15) is 5.69 Å². The molecular formula is C18H15N3O2S. The van der Waals surface area contributed by atoms with Gasteiger partial charge in [0.1, 0.15) is 5.75 Å². The molecule has 0 aliphatic heterocycles. The summed E-state index contributed by atoms with van der Waals surface area (Å²) >= 11 is 1.59. The molecule has 0 unspecified atom stereocenters. The number of fused-ring (bicyclic) bond motifs is 1. The molecule has 120 valence electrons. The van der Waals surface area contributed by atoms with Crippen LogP contribution in [0, 0.1) is 0 Å². The lowest BCUT2D eigenvalue weighted by molar-refractivity contribution is 0.415. The van der Waals surface area contributed by atoms with Crippen molar-refractivity contribution >= 4 is 22.8 Å². The van der Waals surface area contributed by atoms with Gasteiger partial charge in [0.2, 0.25) is 0 Å². The van der Waals surface area contributed by atoms with Crippen molar-refractivity contribution in [3.05, 3.63) is 60.3 Å². The van der Waals surface area contributed by atoms with Gasteiger partial charge in [-0.15, -0.1) is 0 Å². The second kappa shape index (κ2) is 6.41. The minimum atomic E-state index is 0.688. The lowest BCUT2D eigenvalue weighted by atomic mass is 10.2. The van der Waals surface area contributed by atoms with Crippen molar-refractivity contribution in [2.75, 3.05) is 7.11 Å². The third kappa shape index (κ3) is 3.00. The second-order valence-corrected chi connectivity index (χ2v) is 6.23. The number of H-pyrrole nitrogens is 1. The third-order valence-corrected chi connectivity index (χ3v) is 4.55. The van der Waals surface area contributed by atoms with E-state index in [-0.39, 0.29) is 0 Å². The van der Waals surface area contributed by atoms with E-state index in [4.69, 9.17) is 9.26 Å². The first kappa shape index (κ1) is 14.8. The molecule has 0 radical (unpaired) electrons. The van der Waals surface area contributed by atoms with Gasteiger partial charge in [-0.05, 0) is 12.1 Å². The highest BCUT2D eigenvalue weighted by Gasteiger charge is 2.09. The van der Waals surface area contributed by atoms with Crippen LogP contribution in [-0.2, 0) is 5.75 Å². The fourth-order valence-electron chi connectivity index (χ4n) is 2.42. The van der Waals surface area contributed by atoms with E-state index in [1.54, 1.807) is 18.9 Å². The summed E-state index contributed by atoms with van der Waals surface area (Å²) in [6, 6.07) is 17.7. The van der Waals surface area contributed by atoms with Crippen LogP contribution in [0.25, 0.3) is 22.4 Å². The van der Waals surface area contributed by atoms with Crippen molar-refractivity contribution in [3.8, 4) is 17.1 Å². The number of hydrogen-bond donors (Lipinski definition) is 1. The van der Waals surface area contributed by atoms with Gasteiger partial charge in [0, 0.05) is 23.4 Å². The fourth-order valence-corrected chi connectivity index (χ4v) is 3.19. The zero-order valence-electron chi connectivity index (χ0n) is 13.0. The van der Waals surface area contributed by atoms with Crippen LogP contribution in [-0.4, -0.2) is 22.2 Å². The maximum atomic E-state index is 5.42. The Kier molecular flexibility index (Phi) is 3.96. The Labute approximate surface area is 143 Å². The Morgan fingerprint density at radius 3 is 2.83 bits per heavy atom. The monoisotopic (exact) mass is 337 g/mol. The molecule has 0 saturated carbocycles. The van der Waals surface area contributed by atoms with E-state index in [1.165, 1.54) is 0 Å². The average Bonchev–Trinajstić information content (AvgIpc) is 3.26. The van der Waals surface area contributed by atoms with Gasteiger partial charge in [0.25, 0.3) is 0 Å². The first-order valence-electron chi connectivity index (χ1n) is 7.49. The number of methoxy groups -OCH3 is 1. The van der Waals surface area contributed by atoms with E-state index >= 15 is 0 Å². The molecule has 24 heavy (non-hydrogen) atoms. The zero-order valence-corrected chi connectivity index (χ0v) is 13.8. The van der Waals surface area contributed by atoms with Crippen molar-refractivity contribution in [3.63, 3.8) is 0 Å². The molecule has 6 heteroatoms. The Morgan fingerprint density at radius 2 is 2.00 bits per heavy atom. The quantitative estimate of drug-likeness (QED) is 0.543. The number of ether oxygens (including phenoxy) is 1. The summed E-state index contributed by atoms with van der Waals surface area (Å²) in [5, 5.41) is 4.98. The summed E-state index contributed by atoms with van der Waals surface area (Å²) in [7, 11) is 1.65. The minimum absolute atomic E-state index is 0.688. The maximum Gasteiger partial charge on any atom is 0.167 e. The average molecular weight is 337 g/mol. The van der Waals surface area contributed by atoms with Crippen LogP contribution in [0.3, 0.4) is 0 Å². The van der Waals surface area contributed by atoms with Crippen molar-refractivity contribution < 1.29 is 9.26 Å². The van der Waals surface area contributed by atoms with Crippen molar-refractivity contribution in [1.82, 2.24) is 15.1 Å². The standard InChI is InChI=1S/C18H15N3O2S/c1-22-14-7-8-15-16(10-14)20-18(19-15)24-11-13-9-17(23-21-13)12-5-3-2-4-6-12/h2-10H,11H2,1H3,(H,19,20). The first-order valence-corrected chi connectivity index (χ1v) is 8.48. The van der Waals surface area contributed by atoms with Crippen LogP contribution in [0.15, 0.2) is 64.3 Å². The number of imidazole rings is 1. The van der Waals surface area contributed by atoms with E-state index in [9.17, 15) is 0 Å².